The summed E-state index contributed by atoms with van der Waals surface area (Å²) in [5.41, 5.74) is 0. The minimum atomic E-state index is -1.15. The van der Waals surface area contributed by atoms with Gasteiger partial charge in [0, 0.05) is 0 Å². The van der Waals surface area contributed by atoms with E-state index in [-0.39, 0.29) is 5.82 Å². The fourth-order valence-electron chi connectivity index (χ4n) is 0. The fraction of sp³-hybridized carbons (Fsp3) is 1.00. The molecule has 0 spiro atoms. The van der Waals surface area contributed by atoms with Gasteiger partial charge < -0.3 is 10.0 Å². The molecule has 3 heteroatoms. The SMILES string of the molecule is CC(C)B(O)O. The molecule has 0 heterocycles. The van der Waals surface area contributed by atoms with E-state index in [2.05, 4.69) is 0 Å². The van der Waals surface area contributed by atoms with Crippen molar-refractivity contribution in [2.24, 2.45) is 0 Å². The van der Waals surface area contributed by atoms with Crippen LogP contribution in [0.25, 0.3) is 0 Å². The Morgan fingerprint density at radius 3 is 1.50 bits per heavy atom. The van der Waals surface area contributed by atoms with Crippen LogP contribution in [0.3, 0.4) is 0 Å². The van der Waals surface area contributed by atoms with Crippen molar-refractivity contribution in [2.75, 3.05) is 0 Å². The van der Waals surface area contributed by atoms with Crippen LogP contribution < -0.4 is 0 Å². The molecule has 0 aromatic rings. The molecule has 0 aliphatic heterocycles. The summed E-state index contributed by atoms with van der Waals surface area (Å²) in [4.78, 5) is 0. The molecule has 36 valence electrons. The van der Waals surface area contributed by atoms with E-state index in [1.54, 1.807) is 13.8 Å². The summed E-state index contributed by atoms with van der Waals surface area (Å²) in [6.07, 6.45) is 0. The highest BCUT2D eigenvalue weighted by Crippen LogP contribution is 1.98. The fourth-order valence-corrected chi connectivity index (χ4v) is 0. The van der Waals surface area contributed by atoms with Gasteiger partial charge in [-0.25, -0.2) is 0 Å². The van der Waals surface area contributed by atoms with Crippen LogP contribution >= 0.6 is 0 Å². The molecular weight excluding hydrogens is 78.8 g/mol. The monoisotopic (exact) mass is 88.1 g/mol. The van der Waals surface area contributed by atoms with Crippen molar-refractivity contribution in [3.63, 3.8) is 0 Å². The Morgan fingerprint density at radius 1 is 1.33 bits per heavy atom. The van der Waals surface area contributed by atoms with Crippen molar-refractivity contribution in [3.8, 4) is 0 Å². The normalized spacial score (nSPS) is 9.50. The molecule has 0 saturated heterocycles. The van der Waals surface area contributed by atoms with E-state index < -0.39 is 7.12 Å². The van der Waals surface area contributed by atoms with Crippen LogP contribution in [0, 0.1) is 0 Å². The summed E-state index contributed by atoms with van der Waals surface area (Å²) in [5, 5.41) is 16.4. The van der Waals surface area contributed by atoms with E-state index in [1.807, 2.05) is 0 Å². The molecule has 0 amide bonds. The van der Waals surface area contributed by atoms with Gasteiger partial charge in [0.25, 0.3) is 0 Å². The van der Waals surface area contributed by atoms with E-state index in [4.69, 9.17) is 10.0 Å². The minimum Gasteiger partial charge on any atom is -0.427 e. The molecule has 0 aromatic carbocycles. The van der Waals surface area contributed by atoms with Crippen LogP contribution in [-0.4, -0.2) is 17.2 Å². The second kappa shape index (κ2) is 2.21. The van der Waals surface area contributed by atoms with E-state index in [1.165, 1.54) is 0 Å². The molecule has 0 aliphatic carbocycles. The molecule has 6 heavy (non-hydrogen) atoms. The molecule has 0 radical (unpaired) electrons. The summed E-state index contributed by atoms with van der Waals surface area (Å²) >= 11 is 0. The number of hydrogen-bond acceptors (Lipinski definition) is 2. The maximum atomic E-state index is 8.19. The van der Waals surface area contributed by atoms with Crippen molar-refractivity contribution in [1.82, 2.24) is 0 Å². The van der Waals surface area contributed by atoms with Gasteiger partial charge in [-0.05, 0) is 5.82 Å². The summed E-state index contributed by atoms with van der Waals surface area (Å²) in [5.74, 6) is -0.0370. The summed E-state index contributed by atoms with van der Waals surface area (Å²) < 4.78 is 0. The third-order valence-electron chi connectivity index (χ3n) is 0.596. The lowest BCUT2D eigenvalue weighted by Crippen LogP contribution is -2.14. The van der Waals surface area contributed by atoms with Gasteiger partial charge in [0.15, 0.2) is 0 Å². The molecule has 0 fully saturated rings. The zero-order valence-corrected chi connectivity index (χ0v) is 4.05. The second-order valence-electron chi connectivity index (χ2n) is 1.66. The number of rotatable bonds is 1. The first kappa shape index (κ1) is 5.98. The highest BCUT2D eigenvalue weighted by molar-refractivity contribution is 6.42. The molecule has 2 N–H and O–H groups in total. The lowest BCUT2D eigenvalue weighted by molar-refractivity contribution is 0.392. The van der Waals surface area contributed by atoms with Gasteiger partial charge in [-0.1, -0.05) is 13.8 Å². The predicted molar refractivity (Wildman–Crippen MR) is 25.3 cm³/mol. The first-order valence-corrected chi connectivity index (χ1v) is 2.00. The van der Waals surface area contributed by atoms with E-state index in [0.29, 0.717) is 0 Å². The largest absolute Gasteiger partial charge is 0.454 e. The minimum absolute atomic E-state index is 0.0370. The Kier molecular flexibility index (Phi) is 2.20. The molecule has 0 saturated carbocycles. The second-order valence-corrected chi connectivity index (χ2v) is 1.66. The highest BCUT2D eigenvalue weighted by atomic mass is 16.4. The Morgan fingerprint density at radius 2 is 1.50 bits per heavy atom. The lowest BCUT2D eigenvalue weighted by Gasteiger charge is -1.96. The standard InChI is InChI=1S/C3H9BO2/c1-3(2)4(5)6/h3,5-6H,1-2H3. The van der Waals surface area contributed by atoms with E-state index >= 15 is 0 Å². The average molecular weight is 87.9 g/mol. The molecular formula is C3H9BO2. The average Bonchev–Trinajstić information content (AvgIpc) is 1.36. The zero-order valence-electron chi connectivity index (χ0n) is 4.05. The molecule has 0 bridgehead atoms. The molecule has 2 nitrogen and oxygen atoms in total. The smallest absolute Gasteiger partial charge is 0.427 e. The van der Waals surface area contributed by atoms with Crippen molar-refractivity contribution in [1.29, 1.82) is 0 Å². The van der Waals surface area contributed by atoms with E-state index in [0.717, 1.165) is 0 Å². The van der Waals surface area contributed by atoms with Crippen molar-refractivity contribution >= 4 is 7.12 Å². The third kappa shape index (κ3) is 2.24. The Bertz CT molecular complexity index is 29.8. The predicted octanol–water partition coefficient (Wildman–Crippen LogP) is -0.131. The van der Waals surface area contributed by atoms with Crippen LogP contribution in [0.4, 0.5) is 0 Å². The molecule has 0 unspecified atom stereocenters. The third-order valence-corrected chi connectivity index (χ3v) is 0.596. The Hall–Kier alpha value is -0.0151. The number of hydrogen-bond donors (Lipinski definition) is 2. The Balaban J connectivity index is 2.99. The van der Waals surface area contributed by atoms with Gasteiger partial charge >= 0.3 is 7.12 Å². The van der Waals surface area contributed by atoms with Gasteiger partial charge in [0.1, 0.15) is 0 Å². The van der Waals surface area contributed by atoms with E-state index in [9.17, 15) is 0 Å². The molecule has 0 atom stereocenters. The van der Waals surface area contributed by atoms with Gasteiger partial charge in [-0.15, -0.1) is 0 Å². The maximum Gasteiger partial charge on any atom is 0.454 e. The van der Waals surface area contributed by atoms with Crippen LogP contribution in [0.2, 0.25) is 5.82 Å². The van der Waals surface area contributed by atoms with Gasteiger partial charge in [0.2, 0.25) is 0 Å². The van der Waals surface area contributed by atoms with Gasteiger partial charge in [-0.2, -0.15) is 0 Å². The summed E-state index contributed by atoms with van der Waals surface area (Å²) in [6, 6.07) is 0. The van der Waals surface area contributed by atoms with Crippen molar-refractivity contribution < 1.29 is 10.0 Å². The van der Waals surface area contributed by atoms with Crippen LogP contribution in [0.15, 0.2) is 0 Å². The highest BCUT2D eigenvalue weighted by Gasteiger charge is 2.10. The summed E-state index contributed by atoms with van der Waals surface area (Å²) in [7, 11) is -1.15. The molecule has 0 aromatic heterocycles. The van der Waals surface area contributed by atoms with Crippen LogP contribution in [0.5, 0.6) is 0 Å². The maximum absolute atomic E-state index is 8.19. The molecule has 0 aliphatic rings. The quantitative estimate of drug-likeness (QED) is 0.438. The topological polar surface area (TPSA) is 40.5 Å². The zero-order chi connectivity index (χ0) is 5.15. The van der Waals surface area contributed by atoms with Gasteiger partial charge in [-0.3, -0.25) is 0 Å². The first-order chi connectivity index (χ1) is 2.64. The lowest BCUT2D eigenvalue weighted by atomic mass is 9.76. The van der Waals surface area contributed by atoms with Crippen molar-refractivity contribution in [2.45, 2.75) is 19.7 Å². The van der Waals surface area contributed by atoms with Crippen LogP contribution in [0.1, 0.15) is 13.8 Å². The first-order valence-electron chi connectivity index (χ1n) is 2.00. The van der Waals surface area contributed by atoms with Crippen LogP contribution in [-0.2, 0) is 0 Å². The summed E-state index contributed by atoms with van der Waals surface area (Å²) in [6.45, 7) is 3.48. The van der Waals surface area contributed by atoms with Gasteiger partial charge in [0.05, 0.1) is 0 Å². The Labute approximate surface area is 38.0 Å². The molecule has 0 rings (SSSR count). The van der Waals surface area contributed by atoms with Crippen molar-refractivity contribution in [3.05, 3.63) is 0 Å².